The van der Waals surface area contributed by atoms with Gasteiger partial charge in [0.05, 0.1) is 6.20 Å². The van der Waals surface area contributed by atoms with Crippen molar-refractivity contribution >= 4 is 0 Å². The second-order valence-corrected chi connectivity index (χ2v) is 5.34. The van der Waals surface area contributed by atoms with Gasteiger partial charge < -0.3 is 4.42 Å². The molecule has 0 saturated heterocycles. The molecule has 3 aromatic carbocycles. The molecule has 110 valence electrons. The van der Waals surface area contributed by atoms with Crippen LogP contribution in [0.25, 0.3) is 33.9 Å². The van der Waals surface area contributed by atoms with Crippen LogP contribution in [0.15, 0.2) is 95.5 Å². The predicted octanol–water partition coefficient (Wildman–Crippen LogP) is 5.68. The Balaban J connectivity index is 1.63. The minimum atomic E-state index is 0.642. The summed E-state index contributed by atoms with van der Waals surface area (Å²) in [4.78, 5) is 4.40. The Labute approximate surface area is 135 Å². The average Bonchev–Trinajstić information content (AvgIpc) is 3.14. The van der Waals surface area contributed by atoms with Crippen molar-refractivity contribution in [3.8, 4) is 33.9 Å². The first-order valence-electron chi connectivity index (χ1n) is 7.57. The van der Waals surface area contributed by atoms with Crippen molar-refractivity contribution in [3.63, 3.8) is 0 Å². The van der Waals surface area contributed by atoms with Gasteiger partial charge in [0.1, 0.15) is 0 Å². The van der Waals surface area contributed by atoms with Crippen LogP contribution >= 0.6 is 0 Å². The van der Waals surface area contributed by atoms with Gasteiger partial charge in [-0.1, -0.05) is 72.8 Å². The zero-order valence-electron chi connectivity index (χ0n) is 12.5. The fraction of sp³-hybridized carbons (Fsp3) is 0. The van der Waals surface area contributed by atoms with E-state index in [0.29, 0.717) is 5.89 Å². The van der Waals surface area contributed by atoms with Gasteiger partial charge in [-0.3, -0.25) is 0 Å². The molecule has 0 N–H and O–H groups in total. The van der Waals surface area contributed by atoms with Crippen LogP contribution in [0.1, 0.15) is 0 Å². The van der Waals surface area contributed by atoms with Crippen molar-refractivity contribution in [2.45, 2.75) is 0 Å². The molecular weight excluding hydrogens is 282 g/mol. The van der Waals surface area contributed by atoms with Gasteiger partial charge in [-0.25, -0.2) is 4.98 Å². The molecule has 23 heavy (non-hydrogen) atoms. The molecule has 0 aliphatic rings. The molecule has 2 nitrogen and oxygen atoms in total. The lowest BCUT2D eigenvalue weighted by atomic mass is 10.0. The molecule has 0 aliphatic carbocycles. The maximum atomic E-state index is 5.89. The van der Waals surface area contributed by atoms with Gasteiger partial charge in [0.2, 0.25) is 5.89 Å². The third-order valence-electron chi connectivity index (χ3n) is 3.80. The highest BCUT2D eigenvalue weighted by molar-refractivity contribution is 5.68. The number of nitrogens with zero attached hydrogens (tertiary/aromatic N) is 1. The molecule has 0 unspecified atom stereocenters. The molecule has 4 rings (SSSR count). The molecule has 1 heterocycles. The van der Waals surface area contributed by atoms with Gasteiger partial charge in [-0.05, 0) is 23.3 Å². The summed E-state index contributed by atoms with van der Waals surface area (Å²) in [6, 6.07) is 28.6. The summed E-state index contributed by atoms with van der Waals surface area (Å²) < 4.78 is 5.89. The maximum absolute atomic E-state index is 5.89. The number of oxazole rings is 1. The van der Waals surface area contributed by atoms with Crippen molar-refractivity contribution in [1.29, 1.82) is 0 Å². The van der Waals surface area contributed by atoms with Crippen LogP contribution in [-0.2, 0) is 0 Å². The van der Waals surface area contributed by atoms with Gasteiger partial charge in [0.15, 0.2) is 5.76 Å². The lowest BCUT2D eigenvalue weighted by molar-refractivity contribution is 0.589. The lowest BCUT2D eigenvalue weighted by Gasteiger charge is -2.02. The summed E-state index contributed by atoms with van der Waals surface area (Å²) >= 11 is 0. The number of benzene rings is 3. The van der Waals surface area contributed by atoms with Crippen LogP contribution < -0.4 is 0 Å². The van der Waals surface area contributed by atoms with E-state index in [1.54, 1.807) is 6.20 Å². The van der Waals surface area contributed by atoms with Crippen LogP contribution in [0.5, 0.6) is 0 Å². The summed E-state index contributed by atoms with van der Waals surface area (Å²) in [6.45, 7) is 0. The van der Waals surface area contributed by atoms with Crippen LogP contribution in [0.4, 0.5) is 0 Å². The third-order valence-corrected chi connectivity index (χ3v) is 3.80. The maximum Gasteiger partial charge on any atom is 0.226 e. The largest absolute Gasteiger partial charge is 0.436 e. The molecule has 0 fully saturated rings. The zero-order valence-corrected chi connectivity index (χ0v) is 12.5. The van der Waals surface area contributed by atoms with E-state index in [1.165, 1.54) is 11.1 Å². The van der Waals surface area contributed by atoms with Gasteiger partial charge in [-0.15, -0.1) is 0 Å². The Hall–Kier alpha value is -3.13. The lowest BCUT2D eigenvalue weighted by Crippen LogP contribution is -1.79. The summed E-state index contributed by atoms with van der Waals surface area (Å²) in [6.07, 6.45) is 1.77. The van der Waals surface area contributed by atoms with Crippen LogP contribution in [0, 0.1) is 0 Å². The normalized spacial score (nSPS) is 10.6. The average molecular weight is 297 g/mol. The van der Waals surface area contributed by atoms with E-state index in [-0.39, 0.29) is 0 Å². The van der Waals surface area contributed by atoms with Crippen molar-refractivity contribution in [2.75, 3.05) is 0 Å². The first kappa shape index (κ1) is 13.5. The van der Waals surface area contributed by atoms with Crippen LogP contribution in [-0.4, -0.2) is 4.98 Å². The zero-order chi connectivity index (χ0) is 15.5. The van der Waals surface area contributed by atoms with Crippen LogP contribution in [0.3, 0.4) is 0 Å². The Morgan fingerprint density at radius 2 is 1.04 bits per heavy atom. The van der Waals surface area contributed by atoms with Gasteiger partial charge in [-0.2, -0.15) is 0 Å². The summed E-state index contributed by atoms with van der Waals surface area (Å²) in [7, 11) is 0. The number of aromatic nitrogens is 1. The molecule has 0 amide bonds. The summed E-state index contributed by atoms with van der Waals surface area (Å²) in [5.41, 5.74) is 4.40. The molecule has 0 atom stereocenters. The SMILES string of the molecule is c1ccc(-c2ccc(-c3ncc(-c4ccccc4)o3)cc2)cc1. The number of hydrogen-bond acceptors (Lipinski definition) is 2. The molecule has 0 saturated carbocycles. The fourth-order valence-electron chi connectivity index (χ4n) is 2.58. The van der Waals surface area contributed by atoms with Crippen molar-refractivity contribution in [1.82, 2.24) is 4.98 Å². The van der Waals surface area contributed by atoms with E-state index in [9.17, 15) is 0 Å². The smallest absolute Gasteiger partial charge is 0.226 e. The highest BCUT2D eigenvalue weighted by Crippen LogP contribution is 2.27. The Morgan fingerprint density at radius 3 is 1.70 bits per heavy atom. The quantitative estimate of drug-likeness (QED) is 0.486. The molecule has 0 bridgehead atoms. The first-order valence-corrected chi connectivity index (χ1v) is 7.57. The topological polar surface area (TPSA) is 26.0 Å². The highest BCUT2D eigenvalue weighted by Gasteiger charge is 2.08. The molecule has 0 spiro atoms. The van der Waals surface area contributed by atoms with Crippen LogP contribution in [0.2, 0.25) is 0 Å². The molecule has 0 aliphatic heterocycles. The first-order chi connectivity index (χ1) is 11.4. The predicted molar refractivity (Wildman–Crippen MR) is 92.8 cm³/mol. The Kier molecular flexibility index (Phi) is 3.49. The van der Waals surface area contributed by atoms with Gasteiger partial charge in [0, 0.05) is 11.1 Å². The van der Waals surface area contributed by atoms with E-state index in [2.05, 4.69) is 29.2 Å². The minimum absolute atomic E-state index is 0.642. The van der Waals surface area contributed by atoms with E-state index < -0.39 is 0 Å². The molecular formula is C21H15NO. The van der Waals surface area contributed by atoms with Crippen molar-refractivity contribution in [2.24, 2.45) is 0 Å². The monoisotopic (exact) mass is 297 g/mol. The van der Waals surface area contributed by atoms with E-state index in [4.69, 9.17) is 4.42 Å². The van der Waals surface area contributed by atoms with Gasteiger partial charge >= 0.3 is 0 Å². The minimum Gasteiger partial charge on any atom is -0.436 e. The van der Waals surface area contributed by atoms with Crippen molar-refractivity contribution in [3.05, 3.63) is 91.1 Å². The number of hydrogen-bond donors (Lipinski definition) is 0. The fourth-order valence-corrected chi connectivity index (χ4v) is 2.58. The molecule has 2 heteroatoms. The van der Waals surface area contributed by atoms with Crippen molar-refractivity contribution < 1.29 is 4.42 Å². The summed E-state index contributed by atoms with van der Waals surface area (Å²) in [5, 5.41) is 0. The van der Waals surface area contributed by atoms with Gasteiger partial charge in [0.25, 0.3) is 0 Å². The second-order valence-electron chi connectivity index (χ2n) is 5.34. The summed E-state index contributed by atoms with van der Waals surface area (Å²) in [5.74, 6) is 1.43. The molecule has 4 aromatic rings. The molecule has 0 radical (unpaired) electrons. The van der Waals surface area contributed by atoms with E-state index >= 15 is 0 Å². The highest BCUT2D eigenvalue weighted by atomic mass is 16.4. The Bertz CT molecular complexity index is 894. The van der Waals surface area contributed by atoms with E-state index in [1.807, 2.05) is 60.7 Å². The number of rotatable bonds is 3. The van der Waals surface area contributed by atoms with E-state index in [0.717, 1.165) is 16.9 Å². The second kappa shape index (κ2) is 5.93. The third kappa shape index (κ3) is 2.79. The standard InChI is InChI=1S/C21H15NO/c1-3-7-16(8-4-1)17-11-13-19(14-12-17)21-22-15-20(23-21)18-9-5-2-6-10-18/h1-15H. The Morgan fingerprint density at radius 1 is 0.522 bits per heavy atom. The molecule has 1 aromatic heterocycles.